The Morgan fingerprint density at radius 1 is 0.909 bits per heavy atom. The number of nitrogens with zero attached hydrogens (tertiary/aromatic N) is 1. The summed E-state index contributed by atoms with van der Waals surface area (Å²) in [7, 11) is 0. The van der Waals surface area contributed by atoms with Crippen LogP contribution in [0.4, 0.5) is 0 Å². The number of hydrogen-bond acceptors (Lipinski definition) is 1. The Morgan fingerprint density at radius 2 is 1.68 bits per heavy atom. The van der Waals surface area contributed by atoms with E-state index in [-0.39, 0.29) is 5.78 Å². The molecule has 2 nitrogen and oxygen atoms in total. The fraction of sp³-hybridized carbons (Fsp3) is 0.0500. The van der Waals surface area contributed by atoms with Crippen molar-refractivity contribution in [3.05, 3.63) is 89.6 Å². The van der Waals surface area contributed by atoms with E-state index < -0.39 is 0 Å². The van der Waals surface area contributed by atoms with E-state index >= 15 is 0 Å². The zero-order chi connectivity index (χ0) is 14.9. The van der Waals surface area contributed by atoms with Crippen LogP contribution >= 0.6 is 0 Å². The summed E-state index contributed by atoms with van der Waals surface area (Å²) < 4.78 is 2.13. The van der Waals surface area contributed by atoms with Crippen LogP contribution in [0.25, 0.3) is 17.1 Å². The molecule has 0 saturated heterocycles. The molecule has 0 amide bonds. The second-order valence-electron chi connectivity index (χ2n) is 5.38. The lowest BCUT2D eigenvalue weighted by Gasteiger charge is -2.05. The van der Waals surface area contributed by atoms with Gasteiger partial charge >= 0.3 is 0 Å². The molecular weight excluding hydrogens is 270 g/mol. The van der Waals surface area contributed by atoms with E-state index in [4.69, 9.17) is 0 Å². The molecule has 2 heterocycles. The number of carbonyl (C=O) groups is 1. The molecule has 1 aliphatic rings. The molecule has 22 heavy (non-hydrogen) atoms. The average Bonchev–Trinajstić information content (AvgIpc) is 2.72. The van der Waals surface area contributed by atoms with Gasteiger partial charge in [-0.05, 0) is 12.1 Å². The van der Waals surface area contributed by atoms with Crippen molar-refractivity contribution in [3.8, 4) is 0 Å². The van der Waals surface area contributed by atoms with Crippen LogP contribution in [0, 0.1) is 0 Å². The summed E-state index contributed by atoms with van der Waals surface area (Å²) >= 11 is 0. The molecule has 2 heteroatoms. The minimum atomic E-state index is 0.0919. The SMILES string of the molecule is O=C(c1ccccc1)c1c2n(c3ccccc13)C=CC=CC2. The highest BCUT2D eigenvalue weighted by atomic mass is 16.1. The molecule has 0 unspecified atom stereocenters. The van der Waals surface area contributed by atoms with Crippen molar-refractivity contribution in [2.75, 3.05) is 0 Å². The van der Waals surface area contributed by atoms with E-state index in [0.29, 0.717) is 0 Å². The van der Waals surface area contributed by atoms with Gasteiger partial charge in [0, 0.05) is 29.3 Å². The molecule has 4 rings (SSSR count). The fourth-order valence-corrected chi connectivity index (χ4v) is 3.07. The number of allylic oxidation sites excluding steroid dienone is 3. The minimum Gasteiger partial charge on any atom is -0.319 e. The second kappa shape index (κ2) is 5.15. The highest BCUT2D eigenvalue weighted by Crippen LogP contribution is 2.30. The Morgan fingerprint density at radius 3 is 2.55 bits per heavy atom. The summed E-state index contributed by atoms with van der Waals surface area (Å²) in [5.41, 5.74) is 3.69. The van der Waals surface area contributed by atoms with Crippen LogP contribution in [0.15, 0.2) is 72.8 Å². The fourth-order valence-electron chi connectivity index (χ4n) is 3.07. The van der Waals surface area contributed by atoms with Gasteiger partial charge in [-0.3, -0.25) is 4.79 Å². The molecule has 1 aromatic heterocycles. The van der Waals surface area contributed by atoms with Crippen molar-refractivity contribution in [2.24, 2.45) is 0 Å². The number of benzene rings is 2. The summed E-state index contributed by atoms with van der Waals surface area (Å²) in [4.78, 5) is 13.0. The molecular formula is C20H15NO. The predicted octanol–water partition coefficient (Wildman–Crippen LogP) is 4.46. The van der Waals surface area contributed by atoms with Gasteiger partial charge in [0.2, 0.25) is 0 Å². The smallest absolute Gasteiger partial charge is 0.195 e. The van der Waals surface area contributed by atoms with Gasteiger partial charge < -0.3 is 4.57 Å². The zero-order valence-corrected chi connectivity index (χ0v) is 12.1. The quantitative estimate of drug-likeness (QED) is 0.637. The molecule has 0 spiro atoms. The largest absolute Gasteiger partial charge is 0.319 e. The van der Waals surface area contributed by atoms with Gasteiger partial charge in [-0.1, -0.05) is 60.7 Å². The van der Waals surface area contributed by atoms with Crippen LogP contribution < -0.4 is 0 Å². The first-order valence-corrected chi connectivity index (χ1v) is 7.41. The highest BCUT2D eigenvalue weighted by Gasteiger charge is 2.22. The van der Waals surface area contributed by atoms with Gasteiger partial charge in [0.05, 0.1) is 11.1 Å². The highest BCUT2D eigenvalue weighted by molar-refractivity contribution is 6.18. The normalized spacial score (nSPS) is 13.1. The third-order valence-electron chi connectivity index (χ3n) is 4.07. The lowest BCUT2D eigenvalue weighted by molar-refractivity contribution is 0.103. The molecule has 0 fully saturated rings. The van der Waals surface area contributed by atoms with Crippen molar-refractivity contribution in [2.45, 2.75) is 6.42 Å². The maximum absolute atomic E-state index is 13.0. The molecule has 0 saturated carbocycles. The summed E-state index contributed by atoms with van der Waals surface area (Å²) in [5.74, 6) is 0.0919. The predicted molar refractivity (Wildman–Crippen MR) is 90.0 cm³/mol. The number of carbonyl (C=O) groups excluding carboxylic acids is 1. The van der Waals surface area contributed by atoms with E-state index in [2.05, 4.69) is 16.7 Å². The summed E-state index contributed by atoms with van der Waals surface area (Å²) in [6.07, 6.45) is 8.92. The first kappa shape index (κ1) is 12.8. The Bertz CT molecular complexity index is 914. The van der Waals surface area contributed by atoms with Crippen LogP contribution in [0.5, 0.6) is 0 Å². The zero-order valence-electron chi connectivity index (χ0n) is 12.1. The second-order valence-corrected chi connectivity index (χ2v) is 5.38. The molecule has 106 valence electrons. The average molecular weight is 285 g/mol. The van der Waals surface area contributed by atoms with E-state index in [9.17, 15) is 4.79 Å². The van der Waals surface area contributed by atoms with Gasteiger partial charge in [0.25, 0.3) is 0 Å². The number of aromatic nitrogens is 1. The van der Waals surface area contributed by atoms with Crippen LogP contribution in [0.1, 0.15) is 21.6 Å². The van der Waals surface area contributed by atoms with E-state index in [0.717, 1.165) is 34.1 Å². The standard InChI is InChI=1S/C20H15NO/c22-20(15-9-3-1-4-10-15)19-16-11-6-7-12-17(16)21-14-8-2-5-13-18(19)21/h1-12,14H,13H2. The summed E-state index contributed by atoms with van der Waals surface area (Å²) in [6.45, 7) is 0. The molecule has 0 atom stereocenters. The van der Waals surface area contributed by atoms with Crippen LogP contribution in [-0.4, -0.2) is 10.4 Å². The molecule has 2 aromatic carbocycles. The van der Waals surface area contributed by atoms with Crippen molar-refractivity contribution >= 4 is 22.9 Å². The molecule has 0 bridgehead atoms. The maximum atomic E-state index is 13.0. The third kappa shape index (κ3) is 1.92. The summed E-state index contributed by atoms with van der Waals surface area (Å²) in [5, 5.41) is 1.02. The van der Waals surface area contributed by atoms with Gasteiger partial charge in [0.15, 0.2) is 5.78 Å². The Balaban J connectivity index is 2.02. The molecule has 0 radical (unpaired) electrons. The number of fused-ring (bicyclic) bond motifs is 3. The monoisotopic (exact) mass is 285 g/mol. The topological polar surface area (TPSA) is 22.0 Å². The van der Waals surface area contributed by atoms with Gasteiger partial charge in [-0.15, -0.1) is 0 Å². The van der Waals surface area contributed by atoms with E-state index in [1.807, 2.05) is 66.9 Å². The molecule has 0 aliphatic carbocycles. The molecule has 1 aliphatic heterocycles. The van der Waals surface area contributed by atoms with Gasteiger partial charge in [0.1, 0.15) is 0 Å². The van der Waals surface area contributed by atoms with Crippen molar-refractivity contribution in [3.63, 3.8) is 0 Å². The Kier molecular flexibility index (Phi) is 3.01. The lowest BCUT2D eigenvalue weighted by atomic mass is 9.99. The lowest BCUT2D eigenvalue weighted by Crippen LogP contribution is -2.05. The van der Waals surface area contributed by atoms with Crippen LogP contribution in [-0.2, 0) is 6.42 Å². The summed E-state index contributed by atoms with van der Waals surface area (Å²) in [6, 6.07) is 17.6. The minimum absolute atomic E-state index is 0.0919. The van der Waals surface area contributed by atoms with E-state index in [1.54, 1.807) is 0 Å². The number of ketones is 1. The maximum Gasteiger partial charge on any atom is 0.195 e. The first-order valence-electron chi connectivity index (χ1n) is 7.41. The van der Waals surface area contributed by atoms with Gasteiger partial charge in [-0.2, -0.15) is 0 Å². The Hall–Kier alpha value is -2.87. The van der Waals surface area contributed by atoms with E-state index in [1.165, 1.54) is 0 Å². The van der Waals surface area contributed by atoms with Gasteiger partial charge in [-0.25, -0.2) is 0 Å². The van der Waals surface area contributed by atoms with Crippen LogP contribution in [0.2, 0.25) is 0 Å². The first-order chi connectivity index (χ1) is 10.9. The molecule has 3 aromatic rings. The molecule has 0 N–H and O–H groups in total. The van der Waals surface area contributed by atoms with Crippen molar-refractivity contribution < 1.29 is 4.79 Å². The number of para-hydroxylation sites is 1. The third-order valence-corrected chi connectivity index (χ3v) is 4.07. The number of hydrogen-bond donors (Lipinski definition) is 0. The van der Waals surface area contributed by atoms with Crippen LogP contribution in [0.3, 0.4) is 0 Å². The number of rotatable bonds is 2. The Labute approximate surface area is 129 Å². The van der Waals surface area contributed by atoms with Crippen molar-refractivity contribution in [1.29, 1.82) is 0 Å². The van der Waals surface area contributed by atoms with Crippen molar-refractivity contribution in [1.82, 2.24) is 4.57 Å².